The van der Waals surface area contributed by atoms with E-state index in [9.17, 15) is 10.2 Å². The van der Waals surface area contributed by atoms with Gasteiger partial charge in [0, 0.05) is 27.9 Å². The van der Waals surface area contributed by atoms with Gasteiger partial charge in [0.2, 0.25) is 11.8 Å². The van der Waals surface area contributed by atoms with Crippen LogP contribution in [0.2, 0.25) is 0 Å². The van der Waals surface area contributed by atoms with Crippen molar-refractivity contribution in [2.24, 2.45) is 0 Å². The first-order valence-electron chi connectivity index (χ1n) is 9.43. The van der Waals surface area contributed by atoms with Crippen molar-refractivity contribution >= 4 is 33.0 Å². The lowest BCUT2D eigenvalue weighted by Gasteiger charge is -2.06. The third-order valence-electron chi connectivity index (χ3n) is 5.33. The second-order valence-corrected chi connectivity index (χ2v) is 7.36. The van der Waals surface area contributed by atoms with Gasteiger partial charge in [0.05, 0.1) is 27.7 Å². The minimum absolute atomic E-state index is 0.114. The fourth-order valence-corrected chi connectivity index (χ4v) is 4.01. The first kappa shape index (κ1) is 16.0. The number of aromatic amines is 3. The molecule has 7 nitrogen and oxygen atoms in total. The van der Waals surface area contributed by atoms with Gasteiger partial charge in [-0.3, -0.25) is 9.97 Å². The van der Waals surface area contributed by atoms with E-state index in [0.717, 1.165) is 40.8 Å². The van der Waals surface area contributed by atoms with E-state index in [0.29, 0.717) is 27.7 Å². The summed E-state index contributed by atoms with van der Waals surface area (Å²) in [6.07, 6.45) is 1.71. The second kappa shape index (κ2) is 5.75. The number of aromatic nitrogens is 5. The third-order valence-corrected chi connectivity index (χ3v) is 5.33. The molecule has 0 fully saturated rings. The molecule has 0 amide bonds. The predicted octanol–water partition coefficient (Wildman–Crippen LogP) is 4.22. The number of hydrogen-bond acceptors (Lipinski definition) is 4. The maximum atomic E-state index is 10.5. The summed E-state index contributed by atoms with van der Waals surface area (Å²) in [5.74, 6) is -0.253. The Morgan fingerprint density at radius 3 is 2.28 bits per heavy atom. The van der Waals surface area contributed by atoms with Gasteiger partial charge in [-0.05, 0) is 61.4 Å². The molecule has 0 radical (unpaired) electrons. The first-order chi connectivity index (χ1) is 14.1. The van der Waals surface area contributed by atoms with Gasteiger partial charge in [0.15, 0.2) is 0 Å². The number of rotatable bonds is 0. The molecule has 0 spiro atoms. The number of nitrogens with one attached hydrogen (secondary N) is 3. The van der Waals surface area contributed by atoms with Crippen LogP contribution in [-0.4, -0.2) is 35.1 Å². The quantitative estimate of drug-likeness (QED) is 0.275. The van der Waals surface area contributed by atoms with Gasteiger partial charge in [-0.2, -0.15) is 0 Å². The summed E-state index contributed by atoms with van der Waals surface area (Å²) in [6, 6.07) is 15.7. The molecule has 0 aromatic carbocycles. The monoisotopic (exact) mass is 383 g/mol. The van der Waals surface area contributed by atoms with E-state index in [1.54, 1.807) is 6.07 Å². The van der Waals surface area contributed by atoms with Gasteiger partial charge in [0.25, 0.3) is 0 Å². The van der Waals surface area contributed by atoms with E-state index >= 15 is 0 Å². The SMILES string of the molecule is Oc1[nH]c(O)c2c3nc(cc4nc(cc5ccc(cc6ccc2[nH]6)[nH]5)CC4)cc1-3. The summed E-state index contributed by atoms with van der Waals surface area (Å²) in [5, 5.41) is 21.3. The number of aromatic hydroxyl groups is 2. The molecule has 0 atom stereocenters. The van der Waals surface area contributed by atoms with Crippen molar-refractivity contribution in [1.82, 2.24) is 24.9 Å². The lowest BCUT2D eigenvalue weighted by atomic mass is 10.1. The Bertz CT molecular complexity index is 1490. The van der Waals surface area contributed by atoms with Crippen molar-refractivity contribution in [2.45, 2.75) is 12.8 Å². The minimum Gasteiger partial charge on any atom is -0.494 e. The molecule has 0 aliphatic carbocycles. The Balaban J connectivity index is 1.81. The molecule has 0 saturated heterocycles. The fourth-order valence-electron chi connectivity index (χ4n) is 4.01. The van der Waals surface area contributed by atoms with Crippen molar-refractivity contribution in [1.29, 1.82) is 0 Å². The van der Waals surface area contributed by atoms with Crippen LogP contribution < -0.4 is 0 Å². The van der Waals surface area contributed by atoms with Gasteiger partial charge in [-0.1, -0.05) is 0 Å². The van der Waals surface area contributed by atoms with Crippen LogP contribution in [-0.2, 0) is 12.8 Å². The maximum absolute atomic E-state index is 10.5. The molecule has 0 saturated carbocycles. The molecule has 3 aromatic rings. The second-order valence-electron chi connectivity index (χ2n) is 7.36. The Kier molecular flexibility index (Phi) is 3.17. The zero-order valence-corrected chi connectivity index (χ0v) is 15.3. The zero-order valence-electron chi connectivity index (χ0n) is 15.3. The summed E-state index contributed by atoms with van der Waals surface area (Å²) < 4.78 is 0. The zero-order chi connectivity index (χ0) is 19.5. The molecule has 5 N–H and O–H groups in total. The van der Waals surface area contributed by atoms with Gasteiger partial charge in [-0.25, -0.2) is 4.98 Å². The van der Waals surface area contributed by atoms with E-state index in [1.165, 1.54) is 0 Å². The highest BCUT2D eigenvalue weighted by Gasteiger charge is 2.19. The Hall–Kier alpha value is -4.00. The fraction of sp³-hybridized carbons (Fsp3) is 0.0909. The summed E-state index contributed by atoms with van der Waals surface area (Å²) in [6.45, 7) is 0. The van der Waals surface area contributed by atoms with Crippen molar-refractivity contribution in [3.63, 3.8) is 0 Å². The van der Waals surface area contributed by atoms with Crippen LogP contribution in [0.4, 0.5) is 0 Å². The molecule has 8 bridgehead atoms. The lowest BCUT2D eigenvalue weighted by Crippen LogP contribution is -1.86. The molecular weight excluding hydrogens is 366 g/mol. The van der Waals surface area contributed by atoms with E-state index in [1.807, 2.05) is 36.4 Å². The van der Waals surface area contributed by atoms with E-state index in [4.69, 9.17) is 4.98 Å². The first-order valence-corrected chi connectivity index (χ1v) is 9.43. The van der Waals surface area contributed by atoms with Crippen molar-refractivity contribution < 1.29 is 10.2 Å². The highest BCUT2D eigenvalue weighted by atomic mass is 16.3. The van der Waals surface area contributed by atoms with Crippen molar-refractivity contribution in [2.75, 3.05) is 0 Å². The Morgan fingerprint density at radius 2 is 1.41 bits per heavy atom. The van der Waals surface area contributed by atoms with E-state index < -0.39 is 0 Å². The molecule has 6 rings (SSSR count). The van der Waals surface area contributed by atoms with Crippen LogP contribution in [0.3, 0.4) is 0 Å². The van der Waals surface area contributed by atoms with Crippen LogP contribution in [0.25, 0.3) is 44.2 Å². The largest absolute Gasteiger partial charge is 0.494 e. The maximum Gasteiger partial charge on any atom is 0.202 e. The number of pyridine rings is 1. The normalized spacial score (nSPS) is 12.8. The topological polar surface area (TPSA) is 114 Å². The Labute approximate surface area is 164 Å². The molecule has 3 aromatic heterocycles. The van der Waals surface area contributed by atoms with Gasteiger partial charge >= 0.3 is 0 Å². The van der Waals surface area contributed by atoms with Crippen molar-refractivity contribution in [3.8, 4) is 23.0 Å². The number of hydrogen-bond donors (Lipinski definition) is 5. The molecular formula is C22H17N5O2. The standard InChI is InChI=1S/C22H17N5O2/c28-21-17-10-16-9-14-4-3-12(24-14)7-11-1-2-13(23-11)8-15-5-6-18(25-15)19(20(17)26-16)22(29)27-21/h1-2,5-10,23,25,27-29H,3-4H2. The predicted molar refractivity (Wildman–Crippen MR) is 111 cm³/mol. The smallest absolute Gasteiger partial charge is 0.202 e. The van der Waals surface area contributed by atoms with Crippen LogP contribution in [0.15, 0.2) is 48.5 Å². The summed E-state index contributed by atoms with van der Waals surface area (Å²) >= 11 is 0. The Morgan fingerprint density at radius 1 is 0.690 bits per heavy atom. The number of fused-ring (bicyclic) bond motifs is 8. The summed E-state index contributed by atoms with van der Waals surface area (Å²) in [7, 11) is 0. The molecule has 3 aliphatic heterocycles. The van der Waals surface area contributed by atoms with Crippen LogP contribution >= 0.6 is 0 Å². The van der Waals surface area contributed by atoms with Crippen LogP contribution in [0.1, 0.15) is 11.4 Å². The van der Waals surface area contributed by atoms with Crippen molar-refractivity contribution in [3.05, 3.63) is 59.9 Å². The van der Waals surface area contributed by atoms with E-state index in [-0.39, 0.29) is 11.8 Å². The molecule has 29 heavy (non-hydrogen) atoms. The number of H-pyrrole nitrogens is 3. The minimum atomic E-state index is -0.139. The van der Waals surface area contributed by atoms with Gasteiger partial charge < -0.3 is 20.2 Å². The average Bonchev–Trinajstić information content (AvgIpc) is 3.45. The average molecular weight is 383 g/mol. The molecule has 142 valence electrons. The van der Waals surface area contributed by atoms with Crippen LogP contribution in [0, 0.1) is 0 Å². The van der Waals surface area contributed by atoms with Crippen LogP contribution in [0.5, 0.6) is 11.8 Å². The van der Waals surface area contributed by atoms with Gasteiger partial charge in [-0.15, -0.1) is 0 Å². The van der Waals surface area contributed by atoms with E-state index in [2.05, 4.69) is 26.0 Å². The van der Waals surface area contributed by atoms with Gasteiger partial charge in [0.1, 0.15) is 0 Å². The molecule has 0 unspecified atom stereocenters. The molecule has 6 heterocycles. The molecule has 7 heteroatoms. The third kappa shape index (κ3) is 2.59. The highest BCUT2D eigenvalue weighted by Crippen LogP contribution is 2.39. The number of nitrogens with zero attached hydrogens (tertiary/aromatic N) is 2. The molecule has 3 aliphatic rings. The number of aryl methyl sites for hydroxylation is 2. The highest BCUT2D eigenvalue weighted by molar-refractivity contribution is 6.00. The summed E-state index contributed by atoms with van der Waals surface area (Å²) in [5.41, 5.74) is 7.30. The summed E-state index contributed by atoms with van der Waals surface area (Å²) in [4.78, 5) is 18.7. The lowest BCUT2D eigenvalue weighted by molar-refractivity contribution is 0.419.